The van der Waals surface area contributed by atoms with Crippen molar-refractivity contribution in [1.29, 1.82) is 0 Å². The van der Waals surface area contributed by atoms with E-state index in [1.165, 1.54) is 6.07 Å². The molecule has 2 nitrogen and oxygen atoms in total. The van der Waals surface area contributed by atoms with E-state index in [2.05, 4.69) is 26.2 Å². The average Bonchev–Trinajstić information content (AvgIpc) is 2.63. The van der Waals surface area contributed by atoms with E-state index in [4.69, 9.17) is 0 Å². The van der Waals surface area contributed by atoms with E-state index in [1.54, 1.807) is 17.4 Å². The summed E-state index contributed by atoms with van der Waals surface area (Å²) in [6.07, 6.45) is 1.81. The van der Waals surface area contributed by atoms with E-state index in [1.807, 2.05) is 19.2 Å². The first-order valence-corrected chi connectivity index (χ1v) is 6.37. The summed E-state index contributed by atoms with van der Waals surface area (Å²) in [4.78, 5) is 5.24. The minimum Gasteiger partial charge on any atom is -0.377 e. The van der Waals surface area contributed by atoms with Gasteiger partial charge in [-0.3, -0.25) is 0 Å². The second-order valence-corrected chi connectivity index (χ2v) is 5.47. The minimum absolute atomic E-state index is 0.254. The number of nitrogens with one attached hydrogen (secondary N) is 1. The first-order chi connectivity index (χ1) is 7.66. The number of benzene rings is 1. The summed E-state index contributed by atoms with van der Waals surface area (Å²) in [7, 11) is 0. The lowest BCUT2D eigenvalue weighted by atomic mass is 10.3. The molecule has 5 heteroatoms. The Bertz CT molecular complexity index is 478. The quantitative estimate of drug-likeness (QED) is 0.928. The van der Waals surface area contributed by atoms with E-state index < -0.39 is 0 Å². The molecule has 2 aromatic rings. The first kappa shape index (κ1) is 11.5. The molecule has 1 heterocycles. The highest BCUT2D eigenvalue weighted by Gasteiger charge is 2.06. The van der Waals surface area contributed by atoms with Crippen LogP contribution in [0.25, 0.3) is 0 Å². The Kier molecular flexibility index (Phi) is 3.56. The molecule has 0 atom stereocenters. The number of nitrogens with zero attached hydrogens (tertiary/aromatic N) is 1. The molecule has 1 N–H and O–H groups in total. The zero-order valence-electron chi connectivity index (χ0n) is 8.63. The van der Waals surface area contributed by atoms with Gasteiger partial charge in [0, 0.05) is 15.5 Å². The molecule has 0 saturated carbocycles. The Balaban J connectivity index is 2.10. The van der Waals surface area contributed by atoms with Crippen molar-refractivity contribution in [1.82, 2.24) is 4.98 Å². The van der Waals surface area contributed by atoms with Gasteiger partial charge in [0.15, 0.2) is 0 Å². The van der Waals surface area contributed by atoms with E-state index in [-0.39, 0.29) is 5.82 Å². The molecule has 0 fully saturated rings. The maximum absolute atomic E-state index is 13.5. The van der Waals surface area contributed by atoms with Crippen LogP contribution in [-0.2, 0) is 6.54 Å². The topological polar surface area (TPSA) is 24.9 Å². The van der Waals surface area contributed by atoms with Gasteiger partial charge in [0.1, 0.15) is 5.82 Å². The predicted octanol–water partition coefficient (Wildman–Crippen LogP) is 3.97. The van der Waals surface area contributed by atoms with Crippen LogP contribution in [0.15, 0.2) is 28.9 Å². The van der Waals surface area contributed by atoms with Gasteiger partial charge < -0.3 is 5.32 Å². The number of aryl methyl sites for hydroxylation is 1. The molecule has 0 unspecified atom stereocenters. The number of aromatic nitrogens is 1. The van der Waals surface area contributed by atoms with Gasteiger partial charge in [0.05, 0.1) is 17.2 Å². The zero-order chi connectivity index (χ0) is 11.5. The number of hydrogen-bond donors (Lipinski definition) is 1. The summed E-state index contributed by atoms with van der Waals surface area (Å²) in [5, 5.41) is 4.08. The van der Waals surface area contributed by atoms with Crippen LogP contribution < -0.4 is 5.32 Å². The van der Waals surface area contributed by atoms with Crippen LogP contribution in [-0.4, -0.2) is 4.98 Å². The summed E-state index contributed by atoms with van der Waals surface area (Å²) in [6, 6.07) is 4.91. The number of halogens is 2. The van der Waals surface area contributed by atoms with Crippen LogP contribution in [0.3, 0.4) is 0 Å². The molecule has 84 valence electrons. The number of hydrogen-bond acceptors (Lipinski definition) is 3. The Hall–Kier alpha value is -0.940. The molecule has 16 heavy (non-hydrogen) atoms. The number of rotatable bonds is 3. The monoisotopic (exact) mass is 300 g/mol. The third kappa shape index (κ3) is 2.59. The number of para-hydroxylation sites is 1. The Morgan fingerprint density at radius 2 is 2.31 bits per heavy atom. The van der Waals surface area contributed by atoms with Gasteiger partial charge in [-0.25, -0.2) is 9.37 Å². The van der Waals surface area contributed by atoms with Crippen molar-refractivity contribution in [2.24, 2.45) is 0 Å². The second-order valence-electron chi connectivity index (χ2n) is 3.30. The van der Waals surface area contributed by atoms with Crippen LogP contribution in [0.1, 0.15) is 9.88 Å². The highest BCUT2D eigenvalue weighted by atomic mass is 79.9. The first-order valence-electron chi connectivity index (χ1n) is 4.76. The van der Waals surface area contributed by atoms with Crippen molar-refractivity contribution in [3.63, 3.8) is 0 Å². The standard InChI is InChI=1S/C11H10BrFN2S/c1-7-14-5-8(16-7)6-15-11-9(12)3-2-4-10(11)13/h2-5,15H,6H2,1H3. The van der Waals surface area contributed by atoms with E-state index in [0.717, 1.165) is 14.4 Å². The molecule has 0 saturated heterocycles. The van der Waals surface area contributed by atoms with Crippen molar-refractivity contribution in [2.45, 2.75) is 13.5 Å². The third-order valence-electron chi connectivity index (χ3n) is 2.07. The number of anilines is 1. The molecule has 1 aromatic carbocycles. The van der Waals surface area contributed by atoms with Crippen molar-refractivity contribution >= 4 is 33.0 Å². The molecular weight excluding hydrogens is 291 g/mol. The third-order valence-corrected chi connectivity index (χ3v) is 3.64. The van der Waals surface area contributed by atoms with Crippen LogP contribution in [0.2, 0.25) is 0 Å². The van der Waals surface area contributed by atoms with Crippen LogP contribution in [0.5, 0.6) is 0 Å². The SMILES string of the molecule is Cc1ncc(CNc2c(F)cccc2Br)s1. The fourth-order valence-electron chi connectivity index (χ4n) is 1.33. The summed E-state index contributed by atoms with van der Waals surface area (Å²) in [5.74, 6) is -0.254. The maximum atomic E-state index is 13.5. The van der Waals surface area contributed by atoms with E-state index >= 15 is 0 Å². The summed E-state index contributed by atoms with van der Waals surface area (Å²) < 4.78 is 14.2. The normalized spacial score (nSPS) is 10.4. The molecule has 0 amide bonds. The number of thiazole rings is 1. The van der Waals surface area contributed by atoms with E-state index in [9.17, 15) is 4.39 Å². The highest BCUT2D eigenvalue weighted by molar-refractivity contribution is 9.10. The van der Waals surface area contributed by atoms with Crippen molar-refractivity contribution < 1.29 is 4.39 Å². The van der Waals surface area contributed by atoms with Crippen LogP contribution in [0, 0.1) is 12.7 Å². The van der Waals surface area contributed by atoms with E-state index in [0.29, 0.717) is 12.2 Å². The molecule has 2 rings (SSSR count). The average molecular weight is 301 g/mol. The second kappa shape index (κ2) is 4.93. The van der Waals surface area contributed by atoms with Gasteiger partial charge in [-0.15, -0.1) is 11.3 Å². The molecule has 0 aliphatic rings. The molecular formula is C11H10BrFN2S. The predicted molar refractivity (Wildman–Crippen MR) is 68.3 cm³/mol. The maximum Gasteiger partial charge on any atom is 0.147 e. The largest absolute Gasteiger partial charge is 0.377 e. The fourth-order valence-corrected chi connectivity index (χ4v) is 2.55. The fraction of sp³-hybridized carbons (Fsp3) is 0.182. The Morgan fingerprint density at radius 1 is 1.50 bits per heavy atom. The Morgan fingerprint density at radius 3 is 2.94 bits per heavy atom. The van der Waals surface area contributed by atoms with Gasteiger partial charge in [0.25, 0.3) is 0 Å². The molecule has 0 radical (unpaired) electrons. The molecule has 0 bridgehead atoms. The lowest BCUT2D eigenvalue weighted by Crippen LogP contribution is -2.00. The van der Waals surface area contributed by atoms with Crippen LogP contribution >= 0.6 is 27.3 Å². The van der Waals surface area contributed by atoms with Crippen molar-refractivity contribution in [2.75, 3.05) is 5.32 Å². The highest BCUT2D eigenvalue weighted by Crippen LogP contribution is 2.26. The van der Waals surface area contributed by atoms with Crippen LogP contribution in [0.4, 0.5) is 10.1 Å². The molecule has 0 aliphatic heterocycles. The summed E-state index contributed by atoms with van der Waals surface area (Å²) >= 11 is 4.92. The zero-order valence-corrected chi connectivity index (χ0v) is 11.0. The summed E-state index contributed by atoms with van der Waals surface area (Å²) in [5.41, 5.74) is 0.494. The summed E-state index contributed by atoms with van der Waals surface area (Å²) in [6.45, 7) is 2.54. The molecule has 1 aromatic heterocycles. The smallest absolute Gasteiger partial charge is 0.147 e. The van der Waals surface area contributed by atoms with Gasteiger partial charge in [-0.05, 0) is 35.0 Å². The lowest BCUT2D eigenvalue weighted by Gasteiger charge is -2.07. The van der Waals surface area contributed by atoms with Gasteiger partial charge >= 0.3 is 0 Å². The molecule has 0 spiro atoms. The lowest BCUT2D eigenvalue weighted by molar-refractivity contribution is 0.629. The van der Waals surface area contributed by atoms with Gasteiger partial charge in [0.2, 0.25) is 0 Å². The minimum atomic E-state index is -0.254. The van der Waals surface area contributed by atoms with Crippen molar-refractivity contribution in [3.05, 3.63) is 44.6 Å². The van der Waals surface area contributed by atoms with Gasteiger partial charge in [-0.1, -0.05) is 6.07 Å². The van der Waals surface area contributed by atoms with Gasteiger partial charge in [-0.2, -0.15) is 0 Å². The van der Waals surface area contributed by atoms with Crippen molar-refractivity contribution in [3.8, 4) is 0 Å². The molecule has 0 aliphatic carbocycles. The Labute approximate surface area is 106 Å².